The van der Waals surface area contributed by atoms with Gasteiger partial charge in [-0.05, 0) is 49.2 Å². The van der Waals surface area contributed by atoms with E-state index in [9.17, 15) is 13.2 Å². The van der Waals surface area contributed by atoms with Crippen LogP contribution in [0.2, 0.25) is 0 Å². The van der Waals surface area contributed by atoms with Crippen LogP contribution in [0.1, 0.15) is 18.4 Å². The summed E-state index contributed by atoms with van der Waals surface area (Å²) in [7, 11) is -3.20. The highest BCUT2D eigenvalue weighted by Crippen LogP contribution is 2.16. The Bertz CT molecular complexity index is 802. The lowest BCUT2D eigenvalue weighted by atomic mass is 10.2. The van der Waals surface area contributed by atoms with Gasteiger partial charge >= 0.3 is 0 Å². The Morgan fingerprint density at radius 3 is 2.54 bits per heavy atom. The van der Waals surface area contributed by atoms with Gasteiger partial charge in [0.15, 0.2) is 9.84 Å². The highest BCUT2D eigenvalue weighted by Gasteiger charge is 2.07. The molecule has 1 amide bonds. The summed E-state index contributed by atoms with van der Waals surface area (Å²) in [5.74, 6) is 1.02. The smallest absolute Gasteiger partial charge is 0.225 e. The minimum atomic E-state index is -3.20. The molecule has 0 aliphatic rings. The van der Waals surface area contributed by atoms with E-state index in [4.69, 9.17) is 4.74 Å². The van der Waals surface area contributed by atoms with Crippen LogP contribution in [0, 0.1) is 6.92 Å². The van der Waals surface area contributed by atoms with Crippen LogP contribution in [0.4, 0.5) is 5.82 Å². The van der Waals surface area contributed by atoms with Gasteiger partial charge in [-0.15, -0.1) is 0 Å². The number of anilines is 1. The Kier molecular flexibility index (Phi) is 5.92. The number of aromatic nitrogens is 1. The highest BCUT2D eigenvalue weighted by atomic mass is 32.2. The highest BCUT2D eigenvalue weighted by molar-refractivity contribution is 7.90. The van der Waals surface area contributed by atoms with Gasteiger partial charge in [0.2, 0.25) is 5.91 Å². The molecule has 1 N–H and O–H groups in total. The lowest BCUT2D eigenvalue weighted by molar-refractivity contribution is -0.116. The molecule has 1 aromatic heterocycles. The molecule has 0 saturated carbocycles. The van der Waals surface area contributed by atoms with Crippen molar-refractivity contribution in [2.24, 2.45) is 0 Å². The first-order valence-corrected chi connectivity index (χ1v) is 9.40. The van der Waals surface area contributed by atoms with E-state index in [2.05, 4.69) is 10.3 Å². The van der Waals surface area contributed by atoms with Crippen molar-refractivity contribution in [3.05, 3.63) is 48.2 Å². The lowest BCUT2D eigenvalue weighted by Gasteiger charge is -2.08. The van der Waals surface area contributed by atoms with Crippen molar-refractivity contribution in [3.8, 4) is 5.75 Å². The number of nitrogens with zero attached hydrogens (tertiary/aromatic N) is 1. The summed E-state index contributed by atoms with van der Waals surface area (Å²) in [6, 6.07) is 9.91. The molecule has 7 heteroatoms. The first-order valence-electron chi connectivity index (χ1n) is 7.50. The number of carbonyl (C=O) groups is 1. The Hall–Kier alpha value is -2.41. The predicted molar refractivity (Wildman–Crippen MR) is 91.9 cm³/mol. The van der Waals surface area contributed by atoms with Crippen LogP contribution in [0.3, 0.4) is 0 Å². The molecule has 0 unspecified atom stereocenters. The molecule has 1 aromatic carbocycles. The number of nitrogens with one attached hydrogen (secondary N) is 1. The van der Waals surface area contributed by atoms with Crippen LogP contribution in [0.25, 0.3) is 0 Å². The van der Waals surface area contributed by atoms with Crippen molar-refractivity contribution in [1.29, 1.82) is 0 Å². The minimum Gasteiger partial charge on any atom is -0.494 e. The van der Waals surface area contributed by atoms with Gasteiger partial charge in [-0.3, -0.25) is 4.79 Å². The maximum atomic E-state index is 11.9. The van der Waals surface area contributed by atoms with Crippen molar-refractivity contribution in [1.82, 2.24) is 4.98 Å². The summed E-state index contributed by atoms with van der Waals surface area (Å²) >= 11 is 0. The van der Waals surface area contributed by atoms with E-state index in [1.807, 2.05) is 19.1 Å². The van der Waals surface area contributed by atoms with Crippen molar-refractivity contribution in [2.75, 3.05) is 18.2 Å². The lowest BCUT2D eigenvalue weighted by Crippen LogP contribution is -2.14. The molecule has 0 spiro atoms. The van der Waals surface area contributed by atoms with Gasteiger partial charge < -0.3 is 10.1 Å². The topological polar surface area (TPSA) is 85.4 Å². The number of carbonyl (C=O) groups excluding carboxylic acids is 1. The van der Waals surface area contributed by atoms with E-state index in [0.717, 1.165) is 11.8 Å². The fourth-order valence-corrected chi connectivity index (χ4v) is 2.65. The number of pyridine rings is 1. The van der Waals surface area contributed by atoms with E-state index in [1.54, 1.807) is 18.3 Å². The Morgan fingerprint density at radius 2 is 1.92 bits per heavy atom. The number of aryl methyl sites for hydroxylation is 1. The van der Waals surface area contributed by atoms with E-state index >= 15 is 0 Å². The van der Waals surface area contributed by atoms with Crippen molar-refractivity contribution in [3.63, 3.8) is 0 Å². The van der Waals surface area contributed by atoms with Gasteiger partial charge in [0, 0.05) is 18.9 Å². The fraction of sp³-hybridized carbons (Fsp3) is 0.294. The van der Waals surface area contributed by atoms with Gasteiger partial charge in [0.1, 0.15) is 11.6 Å². The molecular formula is C17H20N2O4S. The second-order valence-corrected chi connectivity index (χ2v) is 7.43. The molecule has 0 aliphatic heterocycles. The SMILES string of the molecule is Cc1cccnc1NC(=O)CCCOc1ccc(S(C)(=O)=O)cc1. The maximum Gasteiger partial charge on any atom is 0.225 e. The molecule has 24 heavy (non-hydrogen) atoms. The average molecular weight is 348 g/mol. The predicted octanol–water partition coefficient (Wildman–Crippen LogP) is 2.59. The van der Waals surface area contributed by atoms with Crippen LogP contribution in [0.15, 0.2) is 47.5 Å². The molecule has 2 aromatic rings. The number of sulfone groups is 1. The van der Waals surface area contributed by atoms with Crippen molar-refractivity contribution < 1.29 is 17.9 Å². The molecule has 0 fully saturated rings. The third kappa shape index (κ3) is 5.34. The largest absolute Gasteiger partial charge is 0.494 e. The van der Waals surface area contributed by atoms with Crippen molar-refractivity contribution >= 4 is 21.6 Å². The molecule has 0 atom stereocenters. The van der Waals surface area contributed by atoms with E-state index in [0.29, 0.717) is 31.0 Å². The number of hydrogen-bond donors (Lipinski definition) is 1. The molecule has 128 valence electrons. The minimum absolute atomic E-state index is 0.118. The standard InChI is InChI=1S/C17H20N2O4S/c1-13-5-3-11-18-17(13)19-16(20)6-4-12-23-14-7-9-15(10-8-14)24(2,21)22/h3,5,7-11H,4,6,12H2,1-2H3,(H,18,19,20). The third-order valence-electron chi connectivity index (χ3n) is 3.34. The normalized spacial score (nSPS) is 11.1. The number of hydrogen-bond acceptors (Lipinski definition) is 5. The zero-order chi connectivity index (χ0) is 17.6. The summed E-state index contributed by atoms with van der Waals surface area (Å²) in [6.45, 7) is 2.25. The second kappa shape index (κ2) is 7.92. The first-order chi connectivity index (χ1) is 11.4. The molecule has 0 saturated heterocycles. The van der Waals surface area contributed by atoms with Crippen LogP contribution in [-0.4, -0.2) is 32.2 Å². The zero-order valence-corrected chi connectivity index (χ0v) is 14.5. The quantitative estimate of drug-likeness (QED) is 0.777. The molecule has 1 heterocycles. The Morgan fingerprint density at radius 1 is 1.21 bits per heavy atom. The van der Waals surface area contributed by atoms with Crippen LogP contribution in [-0.2, 0) is 14.6 Å². The molecular weight excluding hydrogens is 328 g/mol. The van der Waals surface area contributed by atoms with Crippen molar-refractivity contribution in [2.45, 2.75) is 24.7 Å². The van der Waals surface area contributed by atoms with Gasteiger partial charge in [-0.25, -0.2) is 13.4 Å². The number of rotatable bonds is 7. The second-order valence-electron chi connectivity index (χ2n) is 5.41. The fourth-order valence-electron chi connectivity index (χ4n) is 2.02. The number of amides is 1. The van der Waals surface area contributed by atoms with Gasteiger partial charge in [-0.1, -0.05) is 6.07 Å². The number of benzene rings is 1. The first kappa shape index (κ1) is 17.9. The molecule has 0 radical (unpaired) electrons. The summed E-state index contributed by atoms with van der Waals surface area (Å²) in [4.78, 5) is 16.2. The molecule has 2 rings (SSSR count). The van der Waals surface area contributed by atoms with E-state index in [-0.39, 0.29) is 10.8 Å². The summed E-state index contributed by atoms with van der Waals surface area (Å²) in [6.07, 6.45) is 3.65. The van der Waals surface area contributed by atoms with E-state index < -0.39 is 9.84 Å². The van der Waals surface area contributed by atoms with Crippen LogP contribution >= 0.6 is 0 Å². The zero-order valence-electron chi connectivity index (χ0n) is 13.7. The summed E-state index contributed by atoms with van der Waals surface area (Å²) < 4.78 is 28.2. The van der Waals surface area contributed by atoms with Crippen LogP contribution in [0.5, 0.6) is 5.75 Å². The van der Waals surface area contributed by atoms with Gasteiger partial charge in [0.25, 0.3) is 0 Å². The maximum absolute atomic E-state index is 11.9. The van der Waals surface area contributed by atoms with Gasteiger partial charge in [-0.2, -0.15) is 0 Å². The van der Waals surface area contributed by atoms with E-state index in [1.165, 1.54) is 12.1 Å². The number of ether oxygens (including phenoxy) is 1. The van der Waals surface area contributed by atoms with Crippen LogP contribution < -0.4 is 10.1 Å². The average Bonchev–Trinajstić information content (AvgIpc) is 2.53. The third-order valence-corrected chi connectivity index (χ3v) is 4.46. The van der Waals surface area contributed by atoms with Gasteiger partial charge in [0.05, 0.1) is 11.5 Å². The molecule has 0 aliphatic carbocycles. The molecule has 0 bridgehead atoms. The Labute approximate surface area is 141 Å². The monoisotopic (exact) mass is 348 g/mol. The Balaban J connectivity index is 1.75. The summed E-state index contributed by atoms with van der Waals surface area (Å²) in [5, 5.41) is 2.76. The summed E-state index contributed by atoms with van der Waals surface area (Å²) in [5.41, 5.74) is 0.910. The molecule has 6 nitrogen and oxygen atoms in total.